The molecule has 23 heavy (non-hydrogen) atoms. The Hall–Kier alpha value is -2.60. The second-order valence-electron chi connectivity index (χ2n) is 4.49. The van der Waals surface area contributed by atoms with Gasteiger partial charge in [-0.15, -0.1) is 0 Å². The van der Waals surface area contributed by atoms with Crippen LogP contribution >= 0.6 is 11.6 Å². The molecular formula is C16H13ClFNO4. The van der Waals surface area contributed by atoms with Crippen molar-refractivity contribution in [2.75, 3.05) is 19.0 Å². The number of hydrogen-bond acceptors (Lipinski definition) is 4. The van der Waals surface area contributed by atoms with Crippen molar-refractivity contribution in [1.29, 1.82) is 0 Å². The first-order chi connectivity index (χ1) is 11.0. The number of anilines is 1. The van der Waals surface area contributed by atoms with Crippen LogP contribution in [0.5, 0.6) is 11.5 Å². The van der Waals surface area contributed by atoms with E-state index in [9.17, 15) is 14.0 Å². The minimum atomic E-state index is -0.647. The van der Waals surface area contributed by atoms with Crippen molar-refractivity contribution in [2.24, 2.45) is 0 Å². The van der Waals surface area contributed by atoms with E-state index >= 15 is 0 Å². The molecule has 1 amide bonds. The summed E-state index contributed by atoms with van der Waals surface area (Å²) in [5.74, 6) is -0.596. The highest BCUT2D eigenvalue weighted by molar-refractivity contribution is 6.30. The molecule has 0 saturated heterocycles. The van der Waals surface area contributed by atoms with Gasteiger partial charge in [-0.1, -0.05) is 11.6 Å². The standard InChI is InChI=1S/C16H13ClFNO4/c1-22-14-5-2-10(8-20)6-15(14)23-9-16(21)19-13-4-3-11(17)7-12(13)18/h2-8H,9H2,1H3,(H,19,21). The van der Waals surface area contributed by atoms with Crippen LogP contribution in [0.4, 0.5) is 10.1 Å². The largest absolute Gasteiger partial charge is 0.493 e. The predicted octanol–water partition coefficient (Wildman–Crippen LogP) is 3.32. The van der Waals surface area contributed by atoms with Gasteiger partial charge in [-0.2, -0.15) is 0 Å². The van der Waals surface area contributed by atoms with Crippen LogP contribution in [-0.2, 0) is 4.79 Å². The van der Waals surface area contributed by atoms with Gasteiger partial charge in [0.05, 0.1) is 12.8 Å². The smallest absolute Gasteiger partial charge is 0.262 e. The zero-order valence-electron chi connectivity index (χ0n) is 12.1. The van der Waals surface area contributed by atoms with Crippen LogP contribution in [0.25, 0.3) is 0 Å². The van der Waals surface area contributed by atoms with E-state index in [0.29, 0.717) is 17.6 Å². The number of hydrogen-bond donors (Lipinski definition) is 1. The van der Waals surface area contributed by atoms with Crippen molar-refractivity contribution in [3.05, 3.63) is 52.8 Å². The lowest BCUT2D eigenvalue weighted by atomic mass is 10.2. The van der Waals surface area contributed by atoms with E-state index in [1.54, 1.807) is 12.1 Å². The first kappa shape index (κ1) is 16.8. The summed E-state index contributed by atoms with van der Waals surface area (Å²) in [6.07, 6.45) is 0.648. The minimum absolute atomic E-state index is 0.00314. The topological polar surface area (TPSA) is 64.6 Å². The second kappa shape index (κ2) is 7.60. The lowest BCUT2D eigenvalue weighted by Crippen LogP contribution is -2.21. The number of halogens is 2. The first-order valence-corrected chi connectivity index (χ1v) is 6.92. The monoisotopic (exact) mass is 337 g/mol. The number of benzene rings is 2. The van der Waals surface area contributed by atoms with Crippen LogP contribution in [0.2, 0.25) is 5.02 Å². The maximum Gasteiger partial charge on any atom is 0.262 e. The molecule has 0 spiro atoms. The minimum Gasteiger partial charge on any atom is -0.493 e. The molecule has 0 radical (unpaired) electrons. The summed E-state index contributed by atoms with van der Waals surface area (Å²) in [4.78, 5) is 22.6. The van der Waals surface area contributed by atoms with Gasteiger partial charge < -0.3 is 14.8 Å². The van der Waals surface area contributed by atoms with Crippen LogP contribution in [0, 0.1) is 5.82 Å². The molecule has 0 saturated carbocycles. The van der Waals surface area contributed by atoms with Gasteiger partial charge in [0.2, 0.25) is 0 Å². The lowest BCUT2D eigenvalue weighted by Gasteiger charge is -2.11. The number of aldehydes is 1. The molecule has 2 rings (SSSR count). The van der Waals surface area contributed by atoms with Crippen molar-refractivity contribution < 1.29 is 23.5 Å². The summed E-state index contributed by atoms with van der Waals surface area (Å²) in [7, 11) is 1.44. The molecule has 7 heteroatoms. The molecule has 0 aliphatic rings. The van der Waals surface area contributed by atoms with Crippen LogP contribution in [0.15, 0.2) is 36.4 Å². The zero-order chi connectivity index (χ0) is 16.8. The van der Waals surface area contributed by atoms with Gasteiger partial charge in [-0.05, 0) is 36.4 Å². The fourth-order valence-corrected chi connectivity index (χ4v) is 1.96. The SMILES string of the molecule is COc1ccc(C=O)cc1OCC(=O)Nc1ccc(Cl)cc1F. The molecule has 0 atom stereocenters. The van der Waals surface area contributed by atoms with E-state index < -0.39 is 11.7 Å². The van der Waals surface area contributed by atoms with Gasteiger partial charge in [0, 0.05) is 10.6 Å². The fraction of sp³-hybridized carbons (Fsp3) is 0.125. The van der Waals surface area contributed by atoms with E-state index in [1.165, 1.54) is 25.3 Å². The molecule has 0 aliphatic heterocycles. The summed E-state index contributed by atoms with van der Waals surface area (Å²) in [5.41, 5.74) is 0.376. The molecule has 120 valence electrons. The second-order valence-corrected chi connectivity index (χ2v) is 4.93. The van der Waals surface area contributed by atoms with E-state index in [1.807, 2.05) is 0 Å². The predicted molar refractivity (Wildman–Crippen MR) is 83.9 cm³/mol. The third kappa shape index (κ3) is 4.43. The van der Waals surface area contributed by atoms with Gasteiger partial charge in [0.1, 0.15) is 12.1 Å². The summed E-state index contributed by atoms with van der Waals surface area (Å²) < 4.78 is 24.0. The maximum absolute atomic E-state index is 13.6. The number of ether oxygens (including phenoxy) is 2. The first-order valence-electron chi connectivity index (χ1n) is 6.54. The fourth-order valence-electron chi connectivity index (χ4n) is 1.80. The van der Waals surface area contributed by atoms with E-state index in [-0.39, 0.29) is 23.1 Å². The van der Waals surface area contributed by atoms with E-state index in [4.69, 9.17) is 21.1 Å². The molecule has 0 unspecified atom stereocenters. The molecule has 2 aromatic rings. The molecule has 2 aromatic carbocycles. The van der Waals surface area contributed by atoms with Gasteiger partial charge in [0.25, 0.3) is 5.91 Å². The van der Waals surface area contributed by atoms with Gasteiger partial charge in [-0.3, -0.25) is 9.59 Å². The van der Waals surface area contributed by atoms with Gasteiger partial charge in [0.15, 0.2) is 18.1 Å². The lowest BCUT2D eigenvalue weighted by molar-refractivity contribution is -0.118. The Labute approximate surface area is 137 Å². The Balaban J connectivity index is 2.03. The van der Waals surface area contributed by atoms with Gasteiger partial charge in [-0.25, -0.2) is 4.39 Å². The number of methoxy groups -OCH3 is 1. The van der Waals surface area contributed by atoms with Crippen molar-refractivity contribution in [2.45, 2.75) is 0 Å². The number of nitrogens with one attached hydrogen (secondary N) is 1. The Bertz CT molecular complexity index is 736. The highest BCUT2D eigenvalue weighted by Gasteiger charge is 2.11. The van der Waals surface area contributed by atoms with Crippen LogP contribution < -0.4 is 14.8 Å². The number of amides is 1. The van der Waals surface area contributed by atoms with Gasteiger partial charge >= 0.3 is 0 Å². The molecule has 1 N–H and O–H groups in total. The summed E-state index contributed by atoms with van der Waals surface area (Å²) in [6.45, 7) is -0.374. The molecule has 0 fully saturated rings. The average Bonchev–Trinajstić information content (AvgIpc) is 2.55. The maximum atomic E-state index is 13.6. The molecule has 0 heterocycles. The highest BCUT2D eigenvalue weighted by atomic mass is 35.5. The average molecular weight is 338 g/mol. The molecule has 0 aromatic heterocycles. The summed E-state index contributed by atoms with van der Waals surface area (Å²) >= 11 is 5.64. The van der Waals surface area contributed by atoms with Crippen LogP contribution in [-0.4, -0.2) is 25.9 Å². The van der Waals surface area contributed by atoms with E-state index in [0.717, 1.165) is 6.07 Å². The Morgan fingerprint density at radius 2 is 2.04 bits per heavy atom. The quantitative estimate of drug-likeness (QED) is 0.821. The van der Waals surface area contributed by atoms with Crippen molar-refractivity contribution in [1.82, 2.24) is 0 Å². The van der Waals surface area contributed by atoms with Crippen LogP contribution in [0.1, 0.15) is 10.4 Å². The Kier molecular flexibility index (Phi) is 5.54. The summed E-state index contributed by atoms with van der Waals surface area (Å²) in [6, 6.07) is 8.45. The Morgan fingerprint density at radius 1 is 1.26 bits per heavy atom. The van der Waals surface area contributed by atoms with Crippen molar-refractivity contribution in [3.63, 3.8) is 0 Å². The Morgan fingerprint density at radius 3 is 2.70 bits per heavy atom. The van der Waals surface area contributed by atoms with E-state index in [2.05, 4.69) is 5.32 Å². The van der Waals surface area contributed by atoms with Crippen molar-refractivity contribution >= 4 is 29.5 Å². The normalized spacial score (nSPS) is 10.0. The number of carbonyl (C=O) groups excluding carboxylic acids is 2. The third-order valence-electron chi connectivity index (χ3n) is 2.89. The molecule has 0 bridgehead atoms. The van der Waals surface area contributed by atoms with Crippen molar-refractivity contribution in [3.8, 4) is 11.5 Å². The zero-order valence-corrected chi connectivity index (χ0v) is 12.9. The number of carbonyl (C=O) groups is 2. The van der Waals surface area contributed by atoms with Crippen LogP contribution in [0.3, 0.4) is 0 Å². The number of rotatable bonds is 6. The third-order valence-corrected chi connectivity index (χ3v) is 3.12. The summed E-state index contributed by atoms with van der Waals surface area (Å²) in [5, 5.41) is 2.59. The highest BCUT2D eigenvalue weighted by Crippen LogP contribution is 2.27. The molecule has 0 aliphatic carbocycles. The molecular weight excluding hydrogens is 325 g/mol. The molecule has 5 nitrogen and oxygen atoms in total.